The van der Waals surface area contributed by atoms with Gasteiger partial charge in [-0.1, -0.05) is 17.7 Å². The summed E-state index contributed by atoms with van der Waals surface area (Å²) in [5.74, 6) is -0.0471. The molecule has 3 heterocycles. The molecule has 0 aliphatic carbocycles. The minimum atomic E-state index is -0.0909. The van der Waals surface area contributed by atoms with Crippen molar-refractivity contribution in [2.45, 2.75) is 40.2 Å². The fourth-order valence-corrected chi connectivity index (χ4v) is 3.97. The van der Waals surface area contributed by atoms with Crippen LogP contribution in [0.1, 0.15) is 29.5 Å². The topological polar surface area (TPSA) is 68.4 Å². The van der Waals surface area contributed by atoms with Crippen molar-refractivity contribution in [1.29, 1.82) is 0 Å². The fraction of sp³-hybridized carbons (Fsp3) is 0.261. The number of carbonyl (C=O) groups is 1. The molecule has 0 bridgehead atoms. The first-order valence-corrected chi connectivity index (χ1v) is 9.78. The number of rotatable bonds is 5. The van der Waals surface area contributed by atoms with Crippen LogP contribution < -0.4 is 10.9 Å². The molecule has 0 saturated heterocycles. The first-order chi connectivity index (χ1) is 14.0. The van der Waals surface area contributed by atoms with Gasteiger partial charge in [0.25, 0.3) is 5.56 Å². The third kappa shape index (κ3) is 3.53. The van der Waals surface area contributed by atoms with Crippen molar-refractivity contribution in [2.24, 2.45) is 0 Å². The quantitative estimate of drug-likeness (QED) is 0.562. The summed E-state index contributed by atoms with van der Waals surface area (Å²) in [6, 6.07) is 11.6. The molecule has 0 aliphatic heterocycles. The lowest BCUT2D eigenvalue weighted by atomic mass is 10.0. The summed E-state index contributed by atoms with van der Waals surface area (Å²) < 4.78 is 3.52. The maximum absolute atomic E-state index is 12.9. The monoisotopic (exact) mass is 388 g/mol. The molecule has 0 atom stereocenters. The van der Waals surface area contributed by atoms with Crippen LogP contribution in [-0.2, 0) is 11.3 Å². The number of hydrogen-bond acceptors (Lipinski definition) is 3. The highest BCUT2D eigenvalue weighted by Gasteiger charge is 2.12. The number of fused-ring (bicyclic) bond motifs is 3. The van der Waals surface area contributed by atoms with Crippen LogP contribution >= 0.6 is 0 Å². The van der Waals surface area contributed by atoms with Crippen molar-refractivity contribution < 1.29 is 4.79 Å². The minimum Gasteiger partial charge on any atom is -0.326 e. The van der Waals surface area contributed by atoms with Crippen LogP contribution in [0, 0.1) is 20.8 Å². The van der Waals surface area contributed by atoms with Crippen LogP contribution in [0.5, 0.6) is 0 Å². The molecule has 0 spiro atoms. The van der Waals surface area contributed by atoms with Crippen LogP contribution in [0.15, 0.2) is 53.6 Å². The highest BCUT2D eigenvalue weighted by atomic mass is 16.1. The maximum atomic E-state index is 12.9. The van der Waals surface area contributed by atoms with E-state index in [1.807, 2.05) is 49.6 Å². The fourth-order valence-electron chi connectivity index (χ4n) is 3.97. The lowest BCUT2D eigenvalue weighted by molar-refractivity contribution is -0.116. The molecule has 6 heteroatoms. The number of pyridine rings is 1. The summed E-state index contributed by atoms with van der Waals surface area (Å²) in [7, 11) is 0. The van der Waals surface area contributed by atoms with Gasteiger partial charge in [0, 0.05) is 31.0 Å². The molecule has 0 unspecified atom stereocenters. The highest BCUT2D eigenvalue weighted by Crippen LogP contribution is 2.22. The van der Waals surface area contributed by atoms with Gasteiger partial charge >= 0.3 is 0 Å². The standard InChI is InChI=1S/C23H24N4O2/c1-15-13-16(2)21(17(3)14-15)25-20(28)9-6-12-27-22-18(7-4-10-24-22)26-11-5-8-19(26)23(27)29/h4-5,7-8,10-11,13-14H,6,9,12H2,1-3H3,(H,25,28). The third-order valence-corrected chi connectivity index (χ3v) is 5.22. The second-order valence-corrected chi connectivity index (χ2v) is 7.49. The second kappa shape index (κ2) is 7.54. The predicted octanol–water partition coefficient (Wildman–Crippen LogP) is 3.99. The Balaban J connectivity index is 1.52. The summed E-state index contributed by atoms with van der Waals surface area (Å²) in [5.41, 5.74) is 6.20. The first kappa shape index (κ1) is 18.9. The Morgan fingerprint density at radius 1 is 1.07 bits per heavy atom. The Kier molecular flexibility index (Phi) is 4.92. The van der Waals surface area contributed by atoms with Gasteiger partial charge in [0.2, 0.25) is 5.91 Å². The first-order valence-electron chi connectivity index (χ1n) is 9.78. The number of nitrogens with one attached hydrogen (secondary N) is 1. The van der Waals surface area contributed by atoms with Gasteiger partial charge in [0.1, 0.15) is 5.52 Å². The van der Waals surface area contributed by atoms with Gasteiger partial charge < -0.3 is 9.72 Å². The molecule has 6 nitrogen and oxygen atoms in total. The van der Waals surface area contributed by atoms with Crippen LogP contribution in [0.3, 0.4) is 0 Å². The molecule has 3 aromatic heterocycles. The number of anilines is 1. The number of benzene rings is 1. The third-order valence-electron chi connectivity index (χ3n) is 5.22. The van der Waals surface area contributed by atoms with E-state index in [0.29, 0.717) is 30.6 Å². The smallest absolute Gasteiger partial charge is 0.276 e. The zero-order valence-corrected chi connectivity index (χ0v) is 16.9. The Morgan fingerprint density at radius 2 is 1.79 bits per heavy atom. The second-order valence-electron chi connectivity index (χ2n) is 7.49. The van der Waals surface area contributed by atoms with Gasteiger partial charge in [0.05, 0.1) is 5.52 Å². The Labute approximate surface area is 168 Å². The van der Waals surface area contributed by atoms with E-state index in [4.69, 9.17) is 0 Å². The summed E-state index contributed by atoms with van der Waals surface area (Å²) in [6.07, 6.45) is 4.44. The van der Waals surface area contributed by atoms with Crippen LogP contribution in [0.2, 0.25) is 0 Å². The highest BCUT2D eigenvalue weighted by molar-refractivity contribution is 5.92. The van der Waals surface area contributed by atoms with Crippen LogP contribution in [0.4, 0.5) is 5.69 Å². The number of hydrogen-bond donors (Lipinski definition) is 1. The SMILES string of the molecule is Cc1cc(C)c(NC(=O)CCCn2c(=O)c3cccn3c3cccnc32)c(C)c1. The van der Waals surface area contributed by atoms with Crippen molar-refractivity contribution in [3.63, 3.8) is 0 Å². The molecule has 29 heavy (non-hydrogen) atoms. The molecule has 0 fully saturated rings. The average molecular weight is 388 g/mol. The van der Waals surface area contributed by atoms with Crippen molar-refractivity contribution in [1.82, 2.24) is 14.0 Å². The van der Waals surface area contributed by atoms with E-state index in [1.165, 1.54) is 5.56 Å². The molecular weight excluding hydrogens is 364 g/mol. The molecule has 148 valence electrons. The van der Waals surface area contributed by atoms with E-state index in [0.717, 1.165) is 22.3 Å². The van der Waals surface area contributed by atoms with E-state index in [2.05, 4.69) is 22.4 Å². The Bertz CT molecular complexity index is 1260. The summed E-state index contributed by atoms with van der Waals surface area (Å²) in [5, 5.41) is 3.02. The number of nitrogens with zero attached hydrogens (tertiary/aromatic N) is 3. The van der Waals surface area contributed by atoms with E-state index in [1.54, 1.807) is 16.8 Å². The van der Waals surface area contributed by atoms with E-state index in [-0.39, 0.29) is 11.5 Å². The van der Waals surface area contributed by atoms with Crippen molar-refractivity contribution in [3.05, 3.63) is 75.8 Å². The van der Waals surface area contributed by atoms with Gasteiger partial charge in [-0.2, -0.15) is 0 Å². The van der Waals surface area contributed by atoms with Gasteiger partial charge in [0.15, 0.2) is 5.65 Å². The van der Waals surface area contributed by atoms with E-state index < -0.39 is 0 Å². The molecular formula is C23H24N4O2. The average Bonchev–Trinajstić information content (AvgIpc) is 3.17. The molecule has 0 aliphatic rings. The van der Waals surface area contributed by atoms with Gasteiger partial charge in [-0.3, -0.25) is 14.2 Å². The number of carbonyl (C=O) groups excluding carboxylic acids is 1. The molecule has 0 radical (unpaired) electrons. The van der Waals surface area contributed by atoms with Crippen molar-refractivity contribution in [3.8, 4) is 0 Å². The molecule has 1 amide bonds. The molecule has 4 rings (SSSR count). The molecule has 4 aromatic rings. The minimum absolute atomic E-state index is 0.0471. The lowest BCUT2D eigenvalue weighted by Crippen LogP contribution is -2.24. The van der Waals surface area contributed by atoms with Crippen molar-refractivity contribution >= 4 is 28.3 Å². The Morgan fingerprint density at radius 3 is 2.55 bits per heavy atom. The normalized spacial score (nSPS) is 11.3. The van der Waals surface area contributed by atoms with E-state index in [9.17, 15) is 9.59 Å². The van der Waals surface area contributed by atoms with Gasteiger partial charge in [-0.05, 0) is 62.6 Å². The van der Waals surface area contributed by atoms with Crippen molar-refractivity contribution in [2.75, 3.05) is 5.32 Å². The molecule has 1 N–H and O–H groups in total. The number of aryl methyl sites for hydroxylation is 4. The van der Waals surface area contributed by atoms with Crippen LogP contribution in [0.25, 0.3) is 16.7 Å². The Hall–Kier alpha value is -3.41. The predicted molar refractivity (Wildman–Crippen MR) is 115 cm³/mol. The summed E-state index contributed by atoms with van der Waals surface area (Å²) in [4.78, 5) is 29.8. The van der Waals surface area contributed by atoms with Crippen LogP contribution in [-0.4, -0.2) is 19.9 Å². The number of amides is 1. The zero-order chi connectivity index (χ0) is 20.5. The zero-order valence-electron chi connectivity index (χ0n) is 16.9. The molecule has 1 aromatic carbocycles. The number of aromatic nitrogens is 3. The van der Waals surface area contributed by atoms with Gasteiger partial charge in [-0.25, -0.2) is 4.98 Å². The largest absolute Gasteiger partial charge is 0.326 e. The lowest BCUT2D eigenvalue weighted by Gasteiger charge is -2.14. The molecule has 0 saturated carbocycles. The maximum Gasteiger partial charge on any atom is 0.276 e. The summed E-state index contributed by atoms with van der Waals surface area (Å²) >= 11 is 0. The summed E-state index contributed by atoms with van der Waals surface area (Å²) in [6.45, 7) is 6.48. The van der Waals surface area contributed by atoms with Gasteiger partial charge in [-0.15, -0.1) is 0 Å². The van der Waals surface area contributed by atoms with E-state index >= 15 is 0 Å².